The summed E-state index contributed by atoms with van der Waals surface area (Å²) < 4.78 is 1.70. The van der Waals surface area contributed by atoms with Crippen LogP contribution in [0, 0.1) is 0 Å². The number of rotatable bonds is 3. The number of hydrogen-bond donors (Lipinski definition) is 1. The summed E-state index contributed by atoms with van der Waals surface area (Å²) in [5.74, 6) is 0. The minimum Gasteiger partial charge on any atom is -0.308 e. The molecule has 0 aliphatic heterocycles. The Balaban J connectivity index is 2.28. The number of nitrogens with one attached hydrogen (secondary N) is 1. The summed E-state index contributed by atoms with van der Waals surface area (Å²) in [6.07, 6.45) is 1.62. The molecule has 6 heteroatoms. The van der Waals surface area contributed by atoms with Crippen LogP contribution in [-0.2, 0) is 0 Å². The fourth-order valence-electron chi connectivity index (χ4n) is 1.14. The molecule has 0 saturated carbocycles. The van der Waals surface area contributed by atoms with Gasteiger partial charge in [-0.15, -0.1) is 10.2 Å². The minimum absolute atomic E-state index is 0.289. The predicted molar refractivity (Wildman–Crippen MR) is 50.8 cm³/mol. The highest BCUT2D eigenvalue weighted by molar-refractivity contribution is 7.16. The van der Waals surface area contributed by atoms with Crippen LogP contribution in [0.15, 0.2) is 6.33 Å². The Hall–Kier alpha value is -1.01. The quantitative estimate of drug-likeness (QED) is 0.792. The fourth-order valence-corrected chi connectivity index (χ4v) is 1.99. The van der Waals surface area contributed by atoms with Gasteiger partial charge in [-0.05, 0) is 13.5 Å². The molecule has 0 saturated heterocycles. The van der Waals surface area contributed by atoms with E-state index in [0.717, 1.165) is 16.5 Å². The van der Waals surface area contributed by atoms with Crippen molar-refractivity contribution in [2.75, 3.05) is 6.54 Å². The molecule has 70 valence electrons. The van der Waals surface area contributed by atoms with Crippen LogP contribution < -0.4 is 5.32 Å². The summed E-state index contributed by atoms with van der Waals surface area (Å²) in [7, 11) is 0. The topological polar surface area (TPSA) is 55.1 Å². The van der Waals surface area contributed by atoms with E-state index in [1.165, 1.54) is 0 Å². The van der Waals surface area contributed by atoms with Crippen LogP contribution in [0.3, 0.4) is 0 Å². The Morgan fingerprint density at radius 1 is 1.69 bits per heavy atom. The third-order valence-corrected chi connectivity index (χ3v) is 2.88. The van der Waals surface area contributed by atoms with Crippen LogP contribution in [0.5, 0.6) is 0 Å². The van der Waals surface area contributed by atoms with Gasteiger partial charge in [-0.1, -0.05) is 18.3 Å². The molecule has 2 rings (SSSR count). The molecular formula is C7H11N5S. The van der Waals surface area contributed by atoms with Crippen LogP contribution >= 0.6 is 11.3 Å². The monoisotopic (exact) mass is 197 g/mol. The zero-order valence-electron chi connectivity index (χ0n) is 7.56. The molecule has 0 aliphatic carbocycles. The van der Waals surface area contributed by atoms with Crippen LogP contribution in [0.25, 0.3) is 4.96 Å². The molecule has 0 bridgehead atoms. The molecular weight excluding hydrogens is 186 g/mol. The largest absolute Gasteiger partial charge is 0.308 e. The summed E-state index contributed by atoms with van der Waals surface area (Å²) in [4.78, 5) is 0.847. The van der Waals surface area contributed by atoms with Gasteiger partial charge in [-0.25, -0.2) is 0 Å². The van der Waals surface area contributed by atoms with Gasteiger partial charge in [0.25, 0.3) is 0 Å². The second-order valence-corrected chi connectivity index (χ2v) is 3.77. The van der Waals surface area contributed by atoms with Crippen molar-refractivity contribution in [2.24, 2.45) is 0 Å². The first-order valence-electron chi connectivity index (χ1n) is 4.21. The van der Waals surface area contributed by atoms with E-state index in [9.17, 15) is 0 Å². The average Bonchev–Trinajstić information content (AvgIpc) is 2.61. The highest BCUT2D eigenvalue weighted by Crippen LogP contribution is 2.18. The van der Waals surface area contributed by atoms with Gasteiger partial charge in [0.05, 0.1) is 6.04 Å². The molecule has 2 heterocycles. The molecule has 1 unspecified atom stereocenters. The SMILES string of the molecule is CCNC(C)c1nn2cnnc2s1. The van der Waals surface area contributed by atoms with E-state index < -0.39 is 0 Å². The summed E-state index contributed by atoms with van der Waals surface area (Å²) in [6.45, 7) is 5.12. The van der Waals surface area contributed by atoms with E-state index in [-0.39, 0.29) is 6.04 Å². The second-order valence-electron chi connectivity index (χ2n) is 2.78. The van der Waals surface area contributed by atoms with Crippen LogP contribution in [0.4, 0.5) is 0 Å². The van der Waals surface area contributed by atoms with Crippen molar-refractivity contribution in [1.82, 2.24) is 25.1 Å². The highest BCUT2D eigenvalue weighted by atomic mass is 32.1. The van der Waals surface area contributed by atoms with Crippen LogP contribution in [0.1, 0.15) is 24.9 Å². The van der Waals surface area contributed by atoms with E-state index >= 15 is 0 Å². The van der Waals surface area contributed by atoms with Crippen molar-refractivity contribution < 1.29 is 0 Å². The molecule has 0 amide bonds. The van der Waals surface area contributed by atoms with Crippen molar-refractivity contribution in [3.63, 3.8) is 0 Å². The lowest BCUT2D eigenvalue weighted by atomic mass is 10.3. The Morgan fingerprint density at radius 3 is 3.23 bits per heavy atom. The molecule has 2 aromatic heterocycles. The van der Waals surface area contributed by atoms with E-state index in [1.54, 1.807) is 22.2 Å². The van der Waals surface area contributed by atoms with Crippen molar-refractivity contribution in [1.29, 1.82) is 0 Å². The molecule has 1 atom stereocenters. The lowest BCUT2D eigenvalue weighted by molar-refractivity contribution is 0.586. The number of fused-ring (bicyclic) bond motifs is 1. The molecule has 1 N–H and O–H groups in total. The Bertz CT molecular complexity index is 364. The summed E-state index contributed by atoms with van der Waals surface area (Å²) in [5, 5.41) is 16.4. The summed E-state index contributed by atoms with van der Waals surface area (Å²) in [5.41, 5.74) is 0. The van der Waals surface area contributed by atoms with Crippen LogP contribution in [-0.4, -0.2) is 26.4 Å². The smallest absolute Gasteiger partial charge is 0.234 e. The second kappa shape index (κ2) is 3.39. The number of aromatic nitrogens is 4. The van der Waals surface area contributed by atoms with Gasteiger partial charge in [0.1, 0.15) is 11.3 Å². The van der Waals surface area contributed by atoms with E-state index in [1.807, 2.05) is 0 Å². The summed E-state index contributed by atoms with van der Waals surface area (Å²) >= 11 is 1.57. The number of hydrogen-bond acceptors (Lipinski definition) is 5. The van der Waals surface area contributed by atoms with E-state index in [2.05, 4.69) is 34.5 Å². The Labute approximate surface area is 79.8 Å². The Morgan fingerprint density at radius 2 is 2.54 bits per heavy atom. The molecule has 0 spiro atoms. The van der Waals surface area contributed by atoms with Gasteiger partial charge in [0, 0.05) is 0 Å². The fraction of sp³-hybridized carbons (Fsp3) is 0.571. The third kappa shape index (κ3) is 1.54. The van der Waals surface area contributed by atoms with E-state index in [0.29, 0.717) is 0 Å². The standard InChI is InChI=1S/C7H11N5S/c1-3-8-5(2)6-11-12-4-9-10-7(12)13-6/h4-5,8H,3H2,1-2H3. The first-order valence-corrected chi connectivity index (χ1v) is 5.03. The molecule has 2 aromatic rings. The zero-order valence-corrected chi connectivity index (χ0v) is 8.38. The highest BCUT2D eigenvalue weighted by Gasteiger charge is 2.10. The van der Waals surface area contributed by atoms with Crippen molar-refractivity contribution in [2.45, 2.75) is 19.9 Å². The average molecular weight is 197 g/mol. The van der Waals surface area contributed by atoms with E-state index in [4.69, 9.17) is 0 Å². The van der Waals surface area contributed by atoms with Gasteiger partial charge < -0.3 is 5.32 Å². The van der Waals surface area contributed by atoms with Crippen molar-refractivity contribution >= 4 is 16.3 Å². The van der Waals surface area contributed by atoms with Crippen molar-refractivity contribution in [3.8, 4) is 0 Å². The predicted octanol–water partition coefficient (Wildman–Crippen LogP) is 0.856. The van der Waals surface area contributed by atoms with Gasteiger partial charge >= 0.3 is 0 Å². The van der Waals surface area contributed by atoms with Crippen LogP contribution in [0.2, 0.25) is 0 Å². The Kier molecular flexibility index (Phi) is 2.24. The lowest BCUT2D eigenvalue weighted by Crippen LogP contribution is -2.17. The number of nitrogens with zero attached hydrogens (tertiary/aromatic N) is 4. The molecule has 0 radical (unpaired) electrons. The minimum atomic E-state index is 0.289. The first-order chi connectivity index (χ1) is 6.31. The van der Waals surface area contributed by atoms with Gasteiger partial charge in [0.2, 0.25) is 4.96 Å². The lowest BCUT2D eigenvalue weighted by Gasteiger charge is -2.06. The molecule has 0 aliphatic rings. The maximum Gasteiger partial charge on any atom is 0.234 e. The molecule has 13 heavy (non-hydrogen) atoms. The molecule has 0 aromatic carbocycles. The third-order valence-electron chi connectivity index (χ3n) is 1.78. The normalized spacial score (nSPS) is 13.7. The first kappa shape index (κ1) is 8.58. The van der Waals surface area contributed by atoms with Crippen molar-refractivity contribution in [3.05, 3.63) is 11.3 Å². The maximum absolute atomic E-state index is 4.34. The van der Waals surface area contributed by atoms with Gasteiger partial charge in [-0.3, -0.25) is 0 Å². The molecule has 0 fully saturated rings. The molecule has 5 nitrogen and oxygen atoms in total. The van der Waals surface area contributed by atoms with Gasteiger partial charge in [-0.2, -0.15) is 9.61 Å². The maximum atomic E-state index is 4.34. The van der Waals surface area contributed by atoms with Gasteiger partial charge in [0.15, 0.2) is 0 Å². The zero-order chi connectivity index (χ0) is 9.26. The summed E-state index contributed by atoms with van der Waals surface area (Å²) in [6, 6.07) is 0.289.